The highest BCUT2D eigenvalue weighted by Crippen LogP contribution is 2.33. The molecular formula is C21H23F3N2O. The quantitative estimate of drug-likeness (QED) is 0.829. The molecule has 2 aliphatic carbocycles. The van der Waals surface area contributed by atoms with E-state index in [0.29, 0.717) is 11.3 Å². The maximum Gasteiger partial charge on any atom is 0.416 e. The molecule has 1 N–H and O–H groups in total. The van der Waals surface area contributed by atoms with Crippen LogP contribution in [0.15, 0.2) is 24.3 Å². The highest BCUT2D eigenvalue weighted by atomic mass is 19.4. The second kappa shape index (κ2) is 6.73. The molecule has 0 radical (unpaired) electrons. The van der Waals surface area contributed by atoms with E-state index in [1.807, 2.05) is 11.5 Å². The average molecular weight is 376 g/mol. The molecule has 144 valence electrons. The standard InChI is InChI=1S/C21H23F3N2O/c1-13-17-7-2-3-8-18(17)26(19(13)20(27)25-16-9-10-16)12-14-5-4-6-15(11-14)21(22,23)24/h4-6,11,16H,2-3,7-10,12H2,1H3,(H,25,27). The molecule has 4 rings (SSSR count). The monoisotopic (exact) mass is 376 g/mol. The molecule has 1 saturated carbocycles. The topological polar surface area (TPSA) is 34.0 Å². The molecule has 0 spiro atoms. The lowest BCUT2D eigenvalue weighted by Crippen LogP contribution is -2.29. The van der Waals surface area contributed by atoms with Gasteiger partial charge in [0.1, 0.15) is 5.69 Å². The zero-order chi connectivity index (χ0) is 19.2. The summed E-state index contributed by atoms with van der Waals surface area (Å²) in [6.45, 7) is 2.25. The van der Waals surface area contributed by atoms with E-state index in [2.05, 4.69) is 5.32 Å². The number of benzene rings is 1. The van der Waals surface area contributed by atoms with Gasteiger partial charge in [-0.1, -0.05) is 12.1 Å². The number of carbonyl (C=O) groups is 1. The van der Waals surface area contributed by atoms with E-state index >= 15 is 0 Å². The summed E-state index contributed by atoms with van der Waals surface area (Å²) in [6.07, 6.45) is 1.56. The Hall–Kier alpha value is -2.24. The van der Waals surface area contributed by atoms with Gasteiger partial charge >= 0.3 is 6.18 Å². The van der Waals surface area contributed by atoms with Crippen LogP contribution in [0.3, 0.4) is 0 Å². The fourth-order valence-corrected chi connectivity index (χ4v) is 4.05. The summed E-state index contributed by atoms with van der Waals surface area (Å²) in [7, 11) is 0. The Morgan fingerprint density at radius 3 is 2.67 bits per heavy atom. The third kappa shape index (κ3) is 3.62. The maximum atomic E-state index is 13.1. The lowest BCUT2D eigenvalue weighted by molar-refractivity contribution is -0.137. The summed E-state index contributed by atoms with van der Waals surface area (Å²) < 4.78 is 41.2. The normalized spacial score (nSPS) is 16.9. The third-order valence-corrected chi connectivity index (χ3v) is 5.56. The lowest BCUT2D eigenvalue weighted by Gasteiger charge is -2.18. The van der Waals surface area contributed by atoms with Gasteiger partial charge in [0.25, 0.3) is 5.91 Å². The van der Waals surface area contributed by atoms with Crippen molar-refractivity contribution in [1.29, 1.82) is 0 Å². The van der Waals surface area contributed by atoms with Crippen molar-refractivity contribution in [2.75, 3.05) is 0 Å². The van der Waals surface area contributed by atoms with Crippen LogP contribution in [0.25, 0.3) is 0 Å². The summed E-state index contributed by atoms with van der Waals surface area (Å²) in [5.74, 6) is -0.101. The number of rotatable bonds is 4. The van der Waals surface area contributed by atoms with Crippen molar-refractivity contribution in [3.63, 3.8) is 0 Å². The summed E-state index contributed by atoms with van der Waals surface area (Å²) in [4.78, 5) is 12.9. The molecule has 3 nitrogen and oxygen atoms in total. The molecule has 1 fully saturated rings. The summed E-state index contributed by atoms with van der Waals surface area (Å²) >= 11 is 0. The molecule has 1 aromatic heterocycles. The minimum Gasteiger partial charge on any atom is -0.348 e. The van der Waals surface area contributed by atoms with Gasteiger partial charge in [-0.3, -0.25) is 4.79 Å². The molecule has 1 amide bonds. The summed E-state index contributed by atoms with van der Waals surface area (Å²) in [5.41, 5.74) is 3.82. The van der Waals surface area contributed by atoms with Crippen molar-refractivity contribution in [2.45, 2.75) is 64.2 Å². The van der Waals surface area contributed by atoms with Crippen molar-refractivity contribution in [1.82, 2.24) is 9.88 Å². The molecule has 1 heterocycles. The number of amides is 1. The Bertz CT molecular complexity index is 878. The largest absolute Gasteiger partial charge is 0.416 e. The predicted molar refractivity (Wildman–Crippen MR) is 96.8 cm³/mol. The Kier molecular flexibility index (Phi) is 4.52. The number of alkyl halides is 3. The molecule has 27 heavy (non-hydrogen) atoms. The molecule has 1 aromatic carbocycles. The number of hydrogen-bond donors (Lipinski definition) is 1. The van der Waals surface area contributed by atoms with Gasteiger partial charge in [-0.2, -0.15) is 13.2 Å². The molecule has 0 atom stereocenters. The van der Waals surface area contributed by atoms with Crippen LogP contribution in [0.5, 0.6) is 0 Å². The number of nitrogens with zero attached hydrogens (tertiary/aromatic N) is 1. The number of aromatic nitrogens is 1. The second-order valence-electron chi connectivity index (χ2n) is 7.64. The predicted octanol–water partition coefficient (Wildman–Crippen LogP) is 4.63. The van der Waals surface area contributed by atoms with Crippen molar-refractivity contribution < 1.29 is 18.0 Å². The van der Waals surface area contributed by atoms with Crippen molar-refractivity contribution in [3.8, 4) is 0 Å². The molecule has 2 aromatic rings. The molecule has 0 aliphatic heterocycles. The summed E-state index contributed by atoms with van der Waals surface area (Å²) in [5, 5.41) is 3.04. The number of fused-ring (bicyclic) bond motifs is 1. The summed E-state index contributed by atoms with van der Waals surface area (Å²) in [6, 6.07) is 5.65. The number of carbonyl (C=O) groups excluding carboxylic acids is 1. The lowest BCUT2D eigenvalue weighted by atomic mass is 9.95. The first-order valence-corrected chi connectivity index (χ1v) is 9.52. The van der Waals surface area contributed by atoms with Gasteiger partial charge in [0.15, 0.2) is 0 Å². The van der Waals surface area contributed by atoms with Gasteiger partial charge in [0, 0.05) is 18.3 Å². The molecule has 0 bridgehead atoms. The molecule has 2 aliphatic rings. The van der Waals surface area contributed by atoms with Crippen molar-refractivity contribution >= 4 is 5.91 Å². The van der Waals surface area contributed by atoms with Crippen LogP contribution in [-0.2, 0) is 25.6 Å². The van der Waals surface area contributed by atoms with E-state index in [-0.39, 0.29) is 18.5 Å². The first-order valence-electron chi connectivity index (χ1n) is 9.52. The first-order chi connectivity index (χ1) is 12.8. The fraction of sp³-hybridized carbons (Fsp3) is 0.476. The highest BCUT2D eigenvalue weighted by molar-refractivity contribution is 5.95. The molecule has 0 unspecified atom stereocenters. The Morgan fingerprint density at radius 1 is 1.22 bits per heavy atom. The first kappa shape index (κ1) is 18.1. The van der Waals surface area contributed by atoms with Gasteiger partial charge in [0.2, 0.25) is 0 Å². The van der Waals surface area contributed by atoms with Crippen LogP contribution in [0.1, 0.15) is 64.1 Å². The van der Waals surface area contributed by atoms with Crippen LogP contribution >= 0.6 is 0 Å². The average Bonchev–Trinajstić information content (AvgIpc) is 3.40. The zero-order valence-corrected chi connectivity index (χ0v) is 15.3. The molecule has 0 saturated heterocycles. The van der Waals surface area contributed by atoms with Crippen LogP contribution in [0.4, 0.5) is 13.2 Å². The minimum absolute atomic E-state index is 0.101. The number of nitrogens with one attached hydrogen (secondary N) is 1. The van der Waals surface area contributed by atoms with Crippen LogP contribution in [0.2, 0.25) is 0 Å². The van der Waals surface area contributed by atoms with Crippen LogP contribution in [0, 0.1) is 6.92 Å². The fourth-order valence-electron chi connectivity index (χ4n) is 4.05. The maximum absolute atomic E-state index is 13.1. The SMILES string of the molecule is Cc1c2c(n(Cc3cccc(C(F)(F)F)c3)c1C(=O)NC1CC1)CCCC2. The van der Waals surface area contributed by atoms with Crippen LogP contribution in [-0.4, -0.2) is 16.5 Å². The highest BCUT2D eigenvalue weighted by Gasteiger charge is 2.32. The Balaban J connectivity index is 1.74. The van der Waals surface area contributed by atoms with Crippen molar-refractivity contribution in [2.24, 2.45) is 0 Å². The van der Waals surface area contributed by atoms with E-state index in [1.54, 1.807) is 6.07 Å². The van der Waals surface area contributed by atoms with Crippen molar-refractivity contribution in [3.05, 3.63) is 57.9 Å². The van der Waals surface area contributed by atoms with E-state index in [4.69, 9.17) is 0 Å². The Morgan fingerprint density at radius 2 is 1.96 bits per heavy atom. The third-order valence-electron chi connectivity index (χ3n) is 5.56. The number of hydrogen-bond acceptors (Lipinski definition) is 1. The van der Waals surface area contributed by atoms with E-state index in [0.717, 1.165) is 55.8 Å². The van der Waals surface area contributed by atoms with Gasteiger partial charge in [-0.05, 0) is 74.3 Å². The Labute approximate surface area is 156 Å². The van der Waals surface area contributed by atoms with E-state index < -0.39 is 11.7 Å². The van der Waals surface area contributed by atoms with Gasteiger partial charge < -0.3 is 9.88 Å². The smallest absolute Gasteiger partial charge is 0.348 e. The number of halogens is 3. The van der Waals surface area contributed by atoms with Crippen LogP contribution < -0.4 is 5.32 Å². The molecule has 6 heteroatoms. The van der Waals surface area contributed by atoms with Gasteiger partial charge in [0.05, 0.1) is 5.56 Å². The van der Waals surface area contributed by atoms with Gasteiger partial charge in [-0.25, -0.2) is 0 Å². The molecular weight excluding hydrogens is 353 g/mol. The van der Waals surface area contributed by atoms with E-state index in [1.165, 1.54) is 17.7 Å². The minimum atomic E-state index is -4.37. The van der Waals surface area contributed by atoms with Gasteiger partial charge in [-0.15, -0.1) is 0 Å². The van der Waals surface area contributed by atoms with E-state index in [9.17, 15) is 18.0 Å². The zero-order valence-electron chi connectivity index (χ0n) is 15.3. The second-order valence-corrected chi connectivity index (χ2v) is 7.64.